The van der Waals surface area contributed by atoms with Crippen LogP contribution in [0.25, 0.3) is 0 Å². The summed E-state index contributed by atoms with van der Waals surface area (Å²) in [5, 5.41) is 9.42. The van der Waals surface area contributed by atoms with Gasteiger partial charge in [-0.3, -0.25) is 0 Å². The molecule has 0 bridgehead atoms. The summed E-state index contributed by atoms with van der Waals surface area (Å²) in [6.45, 7) is 2.39. The van der Waals surface area contributed by atoms with Crippen molar-refractivity contribution in [3.05, 3.63) is 29.8 Å². The van der Waals surface area contributed by atoms with E-state index in [-0.39, 0.29) is 18.0 Å². The average molecular weight is 299 g/mol. The van der Waals surface area contributed by atoms with E-state index in [4.69, 9.17) is 4.74 Å². The van der Waals surface area contributed by atoms with Gasteiger partial charge in [-0.05, 0) is 37.6 Å². The minimum atomic E-state index is -3.61. The Morgan fingerprint density at radius 2 is 2.05 bits per heavy atom. The van der Waals surface area contributed by atoms with Gasteiger partial charge >= 0.3 is 5.97 Å². The molecule has 1 heterocycles. The number of carbonyl (C=O) groups is 1. The lowest BCUT2D eigenvalue weighted by Crippen LogP contribution is -2.29. The summed E-state index contributed by atoms with van der Waals surface area (Å²) in [7, 11) is -3.61. The molecular formula is C13H17NO5S. The van der Waals surface area contributed by atoms with Gasteiger partial charge in [0.25, 0.3) is 0 Å². The number of aliphatic hydroxyl groups excluding tert-OH is 1. The first-order chi connectivity index (χ1) is 9.45. The highest BCUT2D eigenvalue weighted by atomic mass is 32.2. The summed E-state index contributed by atoms with van der Waals surface area (Å²) in [4.78, 5) is 11.6. The summed E-state index contributed by atoms with van der Waals surface area (Å²) in [5.74, 6) is -0.479. The molecule has 1 aromatic carbocycles. The van der Waals surface area contributed by atoms with Gasteiger partial charge in [-0.15, -0.1) is 0 Å². The highest BCUT2D eigenvalue weighted by Gasteiger charge is 2.31. The second-order valence-corrected chi connectivity index (χ2v) is 6.49. The largest absolute Gasteiger partial charge is 0.462 e. The summed E-state index contributed by atoms with van der Waals surface area (Å²) >= 11 is 0. The van der Waals surface area contributed by atoms with Crippen LogP contribution in [0.3, 0.4) is 0 Å². The third kappa shape index (κ3) is 3.00. The Morgan fingerprint density at radius 3 is 2.55 bits per heavy atom. The molecule has 1 aliphatic heterocycles. The molecule has 7 heteroatoms. The Balaban J connectivity index is 2.19. The molecule has 0 saturated carbocycles. The second kappa shape index (κ2) is 5.90. The maximum absolute atomic E-state index is 12.3. The molecule has 110 valence electrons. The standard InChI is InChI=1S/C13H17NO5S/c1-2-19-13(16)10-3-5-12(6-4-10)20(17,18)14-8-7-11(15)9-14/h3-6,11,15H,2,7-9H2,1H3. The van der Waals surface area contributed by atoms with Crippen LogP contribution in [0.15, 0.2) is 29.2 Å². The molecule has 20 heavy (non-hydrogen) atoms. The van der Waals surface area contributed by atoms with E-state index in [1.54, 1.807) is 6.92 Å². The molecule has 6 nitrogen and oxygen atoms in total. The van der Waals surface area contributed by atoms with Gasteiger partial charge < -0.3 is 9.84 Å². The van der Waals surface area contributed by atoms with Gasteiger partial charge in [-0.25, -0.2) is 13.2 Å². The smallest absolute Gasteiger partial charge is 0.338 e. The van der Waals surface area contributed by atoms with Crippen molar-refractivity contribution in [1.82, 2.24) is 4.31 Å². The summed E-state index contributed by atoms with van der Waals surface area (Å²) in [6.07, 6.45) is -0.163. The van der Waals surface area contributed by atoms with Crippen LogP contribution < -0.4 is 0 Å². The maximum Gasteiger partial charge on any atom is 0.338 e. The first-order valence-electron chi connectivity index (χ1n) is 6.40. The molecule has 1 unspecified atom stereocenters. The molecule has 0 spiro atoms. The quantitative estimate of drug-likeness (QED) is 0.824. The monoisotopic (exact) mass is 299 g/mol. The number of ether oxygens (including phenoxy) is 1. The third-order valence-corrected chi connectivity index (χ3v) is 5.01. The van der Waals surface area contributed by atoms with E-state index in [2.05, 4.69) is 0 Å². The number of benzene rings is 1. The minimum absolute atomic E-state index is 0.111. The van der Waals surface area contributed by atoms with E-state index in [0.717, 1.165) is 0 Å². The van der Waals surface area contributed by atoms with Crippen LogP contribution in [0.2, 0.25) is 0 Å². The number of hydrogen-bond acceptors (Lipinski definition) is 5. The predicted octanol–water partition coefficient (Wildman–Crippen LogP) is 0.619. The normalized spacial score (nSPS) is 20.0. The molecule has 1 atom stereocenters. The predicted molar refractivity (Wildman–Crippen MR) is 71.8 cm³/mol. The van der Waals surface area contributed by atoms with Crippen molar-refractivity contribution >= 4 is 16.0 Å². The third-order valence-electron chi connectivity index (χ3n) is 3.13. The topological polar surface area (TPSA) is 83.9 Å². The zero-order chi connectivity index (χ0) is 14.8. The van der Waals surface area contributed by atoms with Gasteiger partial charge in [-0.1, -0.05) is 0 Å². The first-order valence-corrected chi connectivity index (χ1v) is 7.84. The van der Waals surface area contributed by atoms with Crippen LogP contribution >= 0.6 is 0 Å². The molecule has 1 aromatic rings. The molecule has 1 saturated heterocycles. The Morgan fingerprint density at radius 1 is 1.40 bits per heavy atom. The van der Waals surface area contributed by atoms with Gasteiger partial charge in [0.15, 0.2) is 0 Å². The van der Waals surface area contributed by atoms with Crippen LogP contribution in [0.1, 0.15) is 23.7 Å². The van der Waals surface area contributed by atoms with E-state index in [1.807, 2.05) is 0 Å². The highest BCUT2D eigenvalue weighted by Crippen LogP contribution is 2.21. The fraction of sp³-hybridized carbons (Fsp3) is 0.462. The fourth-order valence-corrected chi connectivity index (χ4v) is 3.55. The number of sulfonamides is 1. The van der Waals surface area contributed by atoms with E-state index >= 15 is 0 Å². The first kappa shape index (κ1) is 15.0. The van der Waals surface area contributed by atoms with Crippen molar-refractivity contribution < 1.29 is 23.1 Å². The van der Waals surface area contributed by atoms with Crippen molar-refractivity contribution in [3.8, 4) is 0 Å². The Kier molecular flexibility index (Phi) is 4.42. The second-order valence-electron chi connectivity index (χ2n) is 4.55. The van der Waals surface area contributed by atoms with E-state index in [1.165, 1.54) is 28.6 Å². The molecule has 2 rings (SSSR count). The SMILES string of the molecule is CCOC(=O)c1ccc(S(=O)(=O)N2CCC(O)C2)cc1. The summed E-state index contributed by atoms with van der Waals surface area (Å²) < 4.78 is 30.7. The molecule has 1 aliphatic rings. The Hall–Kier alpha value is -1.44. The van der Waals surface area contributed by atoms with Crippen LogP contribution in [0.5, 0.6) is 0 Å². The number of esters is 1. The van der Waals surface area contributed by atoms with Crippen LogP contribution in [0.4, 0.5) is 0 Å². The van der Waals surface area contributed by atoms with Crippen LogP contribution in [-0.2, 0) is 14.8 Å². The lowest BCUT2D eigenvalue weighted by atomic mass is 10.2. The molecule has 1 N–H and O–H groups in total. The molecule has 0 aromatic heterocycles. The molecular weight excluding hydrogens is 282 g/mol. The number of hydrogen-bond donors (Lipinski definition) is 1. The molecule has 0 radical (unpaired) electrons. The minimum Gasteiger partial charge on any atom is -0.462 e. The zero-order valence-corrected chi connectivity index (χ0v) is 12.0. The number of β-amino-alcohol motifs (C(OH)–C–C–N with tert-alkyl or cyclic N) is 1. The number of aliphatic hydroxyl groups is 1. The van der Waals surface area contributed by atoms with Gasteiger partial charge in [-0.2, -0.15) is 4.31 Å². The van der Waals surface area contributed by atoms with Crippen LogP contribution in [0, 0.1) is 0 Å². The van der Waals surface area contributed by atoms with Crippen molar-refractivity contribution in [3.63, 3.8) is 0 Å². The average Bonchev–Trinajstić information content (AvgIpc) is 2.86. The summed E-state index contributed by atoms with van der Waals surface area (Å²) in [5.41, 5.74) is 0.312. The van der Waals surface area contributed by atoms with Crippen molar-refractivity contribution in [1.29, 1.82) is 0 Å². The van der Waals surface area contributed by atoms with Gasteiger partial charge in [0.05, 0.1) is 23.2 Å². The van der Waals surface area contributed by atoms with E-state index < -0.39 is 22.1 Å². The van der Waals surface area contributed by atoms with E-state index in [9.17, 15) is 18.3 Å². The van der Waals surface area contributed by atoms with Crippen LogP contribution in [-0.4, -0.2) is 49.6 Å². The molecule has 0 aliphatic carbocycles. The number of carbonyl (C=O) groups excluding carboxylic acids is 1. The lowest BCUT2D eigenvalue weighted by Gasteiger charge is -2.15. The van der Waals surface area contributed by atoms with E-state index in [0.29, 0.717) is 18.5 Å². The van der Waals surface area contributed by atoms with Crippen molar-refractivity contribution in [2.24, 2.45) is 0 Å². The van der Waals surface area contributed by atoms with Gasteiger partial charge in [0, 0.05) is 13.1 Å². The lowest BCUT2D eigenvalue weighted by molar-refractivity contribution is 0.0526. The molecule has 0 amide bonds. The van der Waals surface area contributed by atoms with Crippen molar-refractivity contribution in [2.45, 2.75) is 24.3 Å². The number of rotatable bonds is 4. The summed E-state index contributed by atoms with van der Waals surface area (Å²) in [6, 6.07) is 5.62. The van der Waals surface area contributed by atoms with Gasteiger partial charge in [0.2, 0.25) is 10.0 Å². The number of nitrogens with zero attached hydrogens (tertiary/aromatic N) is 1. The Labute approximate surface area is 118 Å². The Bertz CT molecular complexity index is 581. The molecule has 1 fully saturated rings. The maximum atomic E-state index is 12.3. The zero-order valence-electron chi connectivity index (χ0n) is 11.2. The highest BCUT2D eigenvalue weighted by molar-refractivity contribution is 7.89. The van der Waals surface area contributed by atoms with Crippen molar-refractivity contribution in [2.75, 3.05) is 19.7 Å². The van der Waals surface area contributed by atoms with Gasteiger partial charge in [0.1, 0.15) is 0 Å². The fourth-order valence-electron chi connectivity index (χ4n) is 2.06.